The first-order valence-corrected chi connectivity index (χ1v) is 22.0. The Balaban J connectivity index is 1.78. The maximum atomic E-state index is 6.35. The molecule has 0 aliphatic rings. The smallest absolute Gasteiger partial charge is 0.143 e. The van der Waals surface area contributed by atoms with Crippen LogP contribution in [0.15, 0.2) is 63.2 Å². The van der Waals surface area contributed by atoms with Crippen LogP contribution in [0.2, 0.25) is 0 Å². The standard InChI is InChI=1S/C31H26Br10O2/c1-31(2,17-7-15-9-23(38)27(40)29(25(15)21(36)11-17)42-5-3-19(34)13-32)18-8-16-10-24(39)28(41)30(26(16)22(37)12-18)43-6-4-20(35)14-33/h7-12,19-20H,3-6,13-14H2,1-2H3. The number of halogens is 10. The fourth-order valence-electron chi connectivity index (χ4n) is 4.69. The van der Waals surface area contributed by atoms with Crippen LogP contribution in [0.25, 0.3) is 21.5 Å². The van der Waals surface area contributed by atoms with Crippen molar-refractivity contribution in [2.45, 2.75) is 41.8 Å². The quantitative estimate of drug-likeness (QED) is 0.132. The van der Waals surface area contributed by atoms with Gasteiger partial charge in [0.2, 0.25) is 0 Å². The first-order valence-electron chi connectivity index (χ1n) is 13.2. The van der Waals surface area contributed by atoms with Gasteiger partial charge >= 0.3 is 0 Å². The molecule has 0 radical (unpaired) electrons. The monoisotopic (exact) mass is 1220 g/mol. The van der Waals surface area contributed by atoms with E-state index in [4.69, 9.17) is 9.47 Å². The molecule has 232 valence electrons. The molecule has 0 spiro atoms. The number of ether oxygens (including phenoxy) is 2. The summed E-state index contributed by atoms with van der Waals surface area (Å²) in [6, 6.07) is 13.2. The third-order valence-corrected chi connectivity index (χ3v) is 17.2. The molecule has 0 N–H and O–H groups in total. The zero-order valence-electron chi connectivity index (χ0n) is 23.0. The van der Waals surface area contributed by atoms with Crippen molar-refractivity contribution in [2.24, 2.45) is 0 Å². The Bertz CT molecular complexity index is 1520. The number of benzene rings is 4. The van der Waals surface area contributed by atoms with Crippen LogP contribution in [0.5, 0.6) is 11.5 Å². The highest BCUT2D eigenvalue weighted by atomic mass is 79.9. The molecule has 0 aliphatic heterocycles. The van der Waals surface area contributed by atoms with Crippen molar-refractivity contribution in [2.75, 3.05) is 23.9 Å². The van der Waals surface area contributed by atoms with Crippen LogP contribution >= 0.6 is 159 Å². The minimum atomic E-state index is -0.313. The van der Waals surface area contributed by atoms with Gasteiger partial charge in [0.25, 0.3) is 0 Å². The molecule has 0 amide bonds. The summed E-state index contributed by atoms with van der Waals surface area (Å²) in [4.78, 5) is 0.708. The van der Waals surface area contributed by atoms with Gasteiger partial charge in [-0.3, -0.25) is 0 Å². The fraction of sp³-hybridized carbons (Fsp3) is 0.355. The number of fused-ring (bicyclic) bond motifs is 2. The van der Waals surface area contributed by atoms with Gasteiger partial charge in [0.1, 0.15) is 11.5 Å². The van der Waals surface area contributed by atoms with Gasteiger partial charge in [-0.05, 0) is 123 Å². The van der Waals surface area contributed by atoms with Crippen LogP contribution in [0.3, 0.4) is 0 Å². The third-order valence-electron chi connectivity index (χ3n) is 7.21. The first kappa shape index (κ1) is 37.6. The van der Waals surface area contributed by atoms with Gasteiger partial charge in [0.15, 0.2) is 0 Å². The Morgan fingerprint density at radius 2 is 0.953 bits per heavy atom. The molecule has 0 saturated heterocycles. The maximum Gasteiger partial charge on any atom is 0.143 e. The van der Waals surface area contributed by atoms with Crippen molar-refractivity contribution < 1.29 is 9.47 Å². The summed E-state index contributed by atoms with van der Waals surface area (Å²) in [5.74, 6) is 1.65. The Morgan fingerprint density at radius 3 is 1.30 bits per heavy atom. The summed E-state index contributed by atoms with van der Waals surface area (Å²) in [7, 11) is 0. The summed E-state index contributed by atoms with van der Waals surface area (Å²) in [6.07, 6.45) is 1.77. The van der Waals surface area contributed by atoms with Crippen molar-refractivity contribution >= 4 is 181 Å². The molecule has 0 aromatic heterocycles. The second-order valence-electron chi connectivity index (χ2n) is 10.5. The lowest BCUT2D eigenvalue weighted by molar-refractivity contribution is 0.314. The van der Waals surface area contributed by atoms with Crippen molar-refractivity contribution in [1.82, 2.24) is 0 Å². The van der Waals surface area contributed by atoms with Gasteiger partial charge in [-0.25, -0.2) is 0 Å². The van der Waals surface area contributed by atoms with Crippen LogP contribution in [0.1, 0.15) is 37.8 Å². The molecule has 0 heterocycles. The highest BCUT2D eigenvalue weighted by Crippen LogP contribution is 2.48. The molecule has 0 fully saturated rings. The average molecular weight is 1230 g/mol. The Labute approximate surface area is 337 Å². The molecule has 12 heteroatoms. The van der Waals surface area contributed by atoms with Gasteiger partial charge in [0, 0.05) is 54.4 Å². The number of hydrogen-bond donors (Lipinski definition) is 0. The van der Waals surface area contributed by atoms with Crippen molar-refractivity contribution in [1.29, 1.82) is 0 Å². The Hall–Kier alpha value is 1.80. The third kappa shape index (κ3) is 8.70. The fourth-order valence-corrected chi connectivity index (χ4v) is 8.73. The van der Waals surface area contributed by atoms with Gasteiger partial charge in [-0.15, -0.1) is 0 Å². The normalized spacial score (nSPS) is 13.5. The predicted molar refractivity (Wildman–Crippen MR) is 219 cm³/mol. The summed E-state index contributed by atoms with van der Waals surface area (Å²) in [5, 5.41) is 6.02. The molecule has 43 heavy (non-hydrogen) atoms. The summed E-state index contributed by atoms with van der Waals surface area (Å²) in [5.41, 5.74) is 2.06. The largest absolute Gasteiger partial charge is 0.492 e. The van der Waals surface area contributed by atoms with Gasteiger partial charge < -0.3 is 9.47 Å². The van der Waals surface area contributed by atoms with Gasteiger partial charge in [-0.2, -0.15) is 0 Å². The molecule has 0 saturated carbocycles. The number of alkyl halides is 4. The Kier molecular flexibility index (Phi) is 14.4. The molecule has 0 bridgehead atoms. The molecule has 2 atom stereocenters. The zero-order chi connectivity index (χ0) is 31.6. The van der Waals surface area contributed by atoms with E-state index in [1.165, 1.54) is 11.1 Å². The molecule has 0 aliphatic carbocycles. The predicted octanol–water partition coefficient (Wildman–Crippen LogP) is 14.7. The lowest BCUT2D eigenvalue weighted by atomic mass is 9.77. The molecule has 4 aromatic rings. The minimum absolute atomic E-state index is 0.313. The van der Waals surface area contributed by atoms with E-state index in [-0.39, 0.29) is 5.41 Å². The summed E-state index contributed by atoms with van der Waals surface area (Å²) in [6.45, 7) is 5.72. The van der Waals surface area contributed by atoms with Crippen LogP contribution in [0, 0.1) is 0 Å². The first-order chi connectivity index (χ1) is 20.3. The van der Waals surface area contributed by atoms with Crippen molar-refractivity contribution in [3.8, 4) is 11.5 Å². The van der Waals surface area contributed by atoms with Crippen molar-refractivity contribution in [3.63, 3.8) is 0 Å². The molecule has 4 aromatic carbocycles. The minimum Gasteiger partial charge on any atom is -0.492 e. The molecule has 4 rings (SSSR count). The van der Waals surface area contributed by atoms with Crippen LogP contribution in [-0.4, -0.2) is 33.5 Å². The van der Waals surface area contributed by atoms with E-state index in [1.54, 1.807) is 0 Å². The average Bonchev–Trinajstić information content (AvgIpc) is 2.96. The van der Waals surface area contributed by atoms with E-state index in [1.807, 2.05) is 0 Å². The topological polar surface area (TPSA) is 18.5 Å². The van der Waals surface area contributed by atoms with Gasteiger partial charge in [-0.1, -0.05) is 122 Å². The van der Waals surface area contributed by atoms with E-state index in [0.29, 0.717) is 22.9 Å². The Morgan fingerprint density at radius 1 is 0.581 bits per heavy atom. The highest BCUT2D eigenvalue weighted by molar-refractivity contribution is 9.14. The maximum absolute atomic E-state index is 6.35. The van der Waals surface area contributed by atoms with E-state index in [0.717, 1.165) is 83.4 Å². The SMILES string of the molecule is CC(C)(c1cc(Br)c2c(OCCC(Br)CBr)c(Br)c(Br)cc2c1)c1cc(Br)c2c(OCCC(Br)CBr)c(Br)c(Br)cc2c1. The van der Waals surface area contributed by atoms with Crippen molar-refractivity contribution in [3.05, 3.63) is 74.4 Å². The molecular weight excluding hydrogens is 1200 g/mol. The van der Waals surface area contributed by atoms with E-state index >= 15 is 0 Å². The number of rotatable bonds is 12. The van der Waals surface area contributed by atoms with Crippen LogP contribution in [0.4, 0.5) is 0 Å². The molecule has 2 nitrogen and oxygen atoms in total. The summed E-state index contributed by atoms with van der Waals surface area (Å²) >= 11 is 37.2. The molecule has 2 unspecified atom stereocenters. The molecular formula is C31H26Br10O2. The van der Waals surface area contributed by atoms with Crippen LogP contribution in [-0.2, 0) is 5.41 Å². The second kappa shape index (κ2) is 16.5. The van der Waals surface area contributed by atoms with E-state index in [2.05, 4.69) is 210 Å². The van der Waals surface area contributed by atoms with E-state index < -0.39 is 0 Å². The summed E-state index contributed by atoms with van der Waals surface area (Å²) < 4.78 is 18.4. The second-order valence-corrected chi connectivity index (χ2v) is 19.4. The zero-order valence-corrected chi connectivity index (χ0v) is 38.8. The highest BCUT2D eigenvalue weighted by Gasteiger charge is 2.28. The number of hydrogen-bond acceptors (Lipinski definition) is 2. The van der Waals surface area contributed by atoms with Crippen LogP contribution < -0.4 is 9.47 Å². The lowest BCUT2D eigenvalue weighted by Crippen LogP contribution is -2.19. The lowest BCUT2D eigenvalue weighted by Gasteiger charge is -2.28. The van der Waals surface area contributed by atoms with E-state index in [9.17, 15) is 0 Å². The van der Waals surface area contributed by atoms with Gasteiger partial charge in [0.05, 0.1) is 22.2 Å².